The lowest BCUT2D eigenvalue weighted by Gasteiger charge is -2.42. The summed E-state index contributed by atoms with van der Waals surface area (Å²) in [6.45, 7) is 2.53. The van der Waals surface area contributed by atoms with Gasteiger partial charge in [0.1, 0.15) is 0 Å². The van der Waals surface area contributed by atoms with Crippen LogP contribution in [-0.2, 0) is 19.1 Å². The predicted molar refractivity (Wildman–Crippen MR) is 86.7 cm³/mol. The topological polar surface area (TPSA) is 52.6 Å². The number of esters is 2. The minimum absolute atomic E-state index is 0.121. The Morgan fingerprint density at radius 3 is 1.21 bits per heavy atom. The molecule has 39 heavy (non-hydrogen) atoms. The van der Waals surface area contributed by atoms with Crippen LogP contribution in [0.5, 0.6) is 0 Å². The van der Waals surface area contributed by atoms with Gasteiger partial charge in [-0.1, -0.05) is 0 Å². The van der Waals surface area contributed by atoms with Crippen LogP contribution >= 0.6 is 0 Å². The first-order valence-electron chi connectivity index (χ1n) is 9.30. The maximum absolute atomic E-state index is 13.6. The van der Waals surface area contributed by atoms with Crippen LogP contribution in [0.4, 0.5) is 79.0 Å². The molecule has 0 fully saturated rings. The molecule has 0 aromatic rings. The molecular weight excluding hydrogens is 610 g/mol. The van der Waals surface area contributed by atoms with Gasteiger partial charge in [0.25, 0.3) is 0 Å². The molecule has 0 spiro atoms. The second-order valence-corrected chi connectivity index (χ2v) is 7.52. The number of hydrogen-bond donors (Lipinski definition) is 0. The fourth-order valence-electron chi connectivity index (χ4n) is 2.14. The van der Waals surface area contributed by atoms with E-state index < -0.39 is 78.5 Å². The van der Waals surface area contributed by atoms with Crippen molar-refractivity contribution in [3.63, 3.8) is 0 Å². The van der Waals surface area contributed by atoms with Crippen molar-refractivity contribution in [3.05, 3.63) is 12.2 Å². The summed E-state index contributed by atoms with van der Waals surface area (Å²) in [6.07, 6.45) is -16.6. The lowest BCUT2D eigenvalue weighted by molar-refractivity contribution is -0.462. The maximum Gasteiger partial charge on any atom is 0.460 e. The molecule has 0 radical (unpaired) electrons. The molecule has 22 heteroatoms. The van der Waals surface area contributed by atoms with Crippen LogP contribution in [0, 0.1) is 0 Å². The number of carbonyl (C=O) groups is 2. The van der Waals surface area contributed by atoms with Crippen molar-refractivity contribution < 1.29 is 98.1 Å². The molecule has 0 saturated heterocycles. The molecule has 0 N–H and O–H groups in total. The van der Waals surface area contributed by atoms with Gasteiger partial charge in [-0.2, -0.15) is 74.6 Å². The number of halogens is 18. The molecule has 230 valence electrons. The van der Waals surface area contributed by atoms with Crippen molar-refractivity contribution in [3.8, 4) is 0 Å². The smallest absolute Gasteiger partial charge is 0.460 e. The van der Waals surface area contributed by atoms with Gasteiger partial charge in [0.15, 0.2) is 0 Å². The second kappa shape index (κ2) is 10.8. The summed E-state index contributed by atoms with van der Waals surface area (Å²) in [5, 5.41) is 0. The lowest BCUT2D eigenvalue weighted by Crippen LogP contribution is -2.74. The molecule has 4 nitrogen and oxygen atoms in total. The van der Waals surface area contributed by atoms with Crippen LogP contribution in [0.1, 0.15) is 20.3 Å². The summed E-state index contributed by atoms with van der Waals surface area (Å²) >= 11 is 0. The van der Waals surface area contributed by atoms with Crippen molar-refractivity contribution in [1.82, 2.24) is 0 Å². The second-order valence-electron chi connectivity index (χ2n) is 7.52. The quantitative estimate of drug-likeness (QED) is 0.138. The average molecular weight is 622 g/mol. The van der Waals surface area contributed by atoms with E-state index in [-0.39, 0.29) is 12.2 Å². The summed E-state index contributed by atoms with van der Waals surface area (Å²) < 4.78 is 244. The molecule has 1 unspecified atom stereocenters. The summed E-state index contributed by atoms with van der Waals surface area (Å²) in [5.74, 6) is -62.0. The van der Waals surface area contributed by atoms with Crippen molar-refractivity contribution in [2.24, 2.45) is 0 Å². The fourth-order valence-corrected chi connectivity index (χ4v) is 2.14. The number of rotatable bonds is 12. The zero-order valence-electron chi connectivity index (χ0n) is 18.5. The Labute approximate surface area is 203 Å². The maximum atomic E-state index is 13.6. The molecule has 0 aliphatic rings. The van der Waals surface area contributed by atoms with E-state index in [0.29, 0.717) is 0 Å². The van der Waals surface area contributed by atoms with Crippen molar-refractivity contribution in [1.29, 1.82) is 0 Å². The van der Waals surface area contributed by atoms with Crippen LogP contribution in [0.2, 0.25) is 0 Å². The fraction of sp³-hybridized carbons (Fsp3) is 0.765. The normalized spacial score (nSPS) is 16.0. The van der Waals surface area contributed by atoms with E-state index in [1.54, 1.807) is 0 Å². The van der Waals surface area contributed by atoms with E-state index in [4.69, 9.17) is 0 Å². The third-order valence-corrected chi connectivity index (χ3v) is 4.16. The molecule has 0 amide bonds. The van der Waals surface area contributed by atoms with Gasteiger partial charge in [0.05, 0.1) is 12.5 Å². The molecule has 0 aromatic carbocycles. The van der Waals surface area contributed by atoms with Crippen LogP contribution in [-0.4, -0.2) is 72.0 Å². The van der Waals surface area contributed by atoms with Crippen molar-refractivity contribution in [2.45, 2.75) is 80.4 Å². The molecule has 0 aliphatic heterocycles. The zero-order chi connectivity index (χ0) is 31.8. The van der Waals surface area contributed by atoms with Gasteiger partial charge in [-0.15, -0.1) is 0 Å². The molecule has 0 saturated carbocycles. The Kier molecular flexibility index (Phi) is 10.1. The molecular formula is C17H12F18O4. The monoisotopic (exact) mass is 622 g/mol. The van der Waals surface area contributed by atoms with Gasteiger partial charge in [0.2, 0.25) is 6.36 Å². The van der Waals surface area contributed by atoms with Gasteiger partial charge < -0.3 is 9.47 Å². The Balaban J connectivity index is 6.18. The van der Waals surface area contributed by atoms with E-state index in [9.17, 15) is 88.6 Å². The lowest BCUT2D eigenvalue weighted by atomic mass is 9.88. The van der Waals surface area contributed by atoms with Crippen molar-refractivity contribution in [2.75, 3.05) is 0 Å². The third kappa shape index (κ3) is 6.43. The van der Waals surface area contributed by atoms with E-state index in [1.807, 2.05) is 0 Å². The highest BCUT2D eigenvalue weighted by Gasteiger charge is 2.95. The minimum Gasteiger partial charge on any atom is -0.460 e. The Morgan fingerprint density at radius 1 is 0.564 bits per heavy atom. The average Bonchev–Trinajstić information content (AvgIpc) is 2.69. The highest BCUT2D eigenvalue weighted by Crippen LogP contribution is 2.64. The van der Waals surface area contributed by atoms with Crippen LogP contribution < -0.4 is 0 Å². The number of ether oxygens (including phenoxy) is 2. The Morgan fingerprint density at radius 2 is 0.872 bits per heavy atom. The van der Waals surface area contributed by atoms with E-state index in [1.165, 1.54) is 13.8 Å². The van der Waals surface area contributed by atoms with Crippen molar-refractivity contribution >= 4 is 11.9 Å². The molecule has 0 rings (SSSR count). The number of alkyl halides is 18. The standard InChI is InChI=1S/C17H12F18O4/c1-6(2)38-8(36)3-4-9(37)39-7(18)5-10(19,20)11(21,22)12(23,24)13(25,26)14(27,28)15(29,30)16(31,32)17(33,34)35/h3-4,6-7H,5H2,1-2H3/b4-3+. The first-order chi connectivity index (χ1) is 16.8. The Hall–Kier alpha value is -2.58. The van der Waals surface area contributed by atoms with E-state index in [2.05, 4.69) is 9.47 Å². The highest BCUT2D eigenvalue weighted by molar-refractivity contribution is 5.91. The first-order valence-corrected chi connectivity index (χ1v) is 9.30. The third-order valence-electron chi connectivity index (χ3n) is 4.16. The van der Waals surface area contributed by atoms with E-state index >= 15 is 0 Å². The first kappa shape index (κ1) is 36.4. The van der Waals surface area contributed by atoms with Gasteiger partial charge in [-0.05, 0) is 13.8 Å². The van der Waals surface area contributed by atoms with Gasteiger partial charge in [-0.3, -0.25) is 0 Å². The van der Waals surface area contributed by atoms with Crippen LogP contribution in [0.15, 0.2) is 12.2 Å². The molecule has 0 bridgehead atoms. The minimum atomic E-state index is -8.82. The summed E-state index contributed by atoms with van der Waals surface area (Å²) in [7, 11) is 0. The molecule has 0 aromatic heterocycles. The largest absolute Gasteiger partial charge is 0.460 e. The predicted octanol–water partition coefficient (Wildman–Crippen LogP) is 6.73. The Bertz CT molecular complexity index is 921. The molecule has 1 atom stereocenters. The van der Waals surface area contributed by atoms with Gasteiger partial charge >= 0.3 is 59.6 Å². The van der Waals surface area contributed by atoms with Gasteiger partial charge in [-0.25, -0.2) is 14.0 Å². The van der Waals surface area contributed by atoms with E-state index in [0.717, 1.165) is 0 Å². The number of hydrogen-bond acceptors (Lipinski definition) is 4. The summed E-state index contributed by atoms with van der Waals surface area (Å²) in [4.78, 5) is 22.2. The zero-order valence-corrected chi connectivity index (χ0v) is 18.5. The summed E-state index contributed by atoms with van der Waals surface area (Å²) in [5.41, 5.74) is 0. The van der Waals surface area contributed by atoms with Crippen LogP contribution in [0.3, 0.4) is 0 Å². The number of carbonyl (C=O) groups excluding carboxylic acids is 2. The SMILES string of the molecule is CC(C)OC(=O)/C=C/C(=O)OC(F)CC(F)(F)C(F)(F)C(F)(F)C(F)(F)C(F)(F)C(F)(F)C(F)(F)C(F)(F)F. The van der Waals surface area contributed by atoms with Crippen LogP contribution in [0.25, 0.3) is 0 Å². The summed E-state index contributed by atoms with van der Waals surface area (Å²) in [6, 6.07) is 0. The van der Waals surface area contributed by atoms with Gasteiger partial charge in [0, 0.05) is 12.2 Å². The highest BCUT2D eigenvalue weighted by atomic mass is 19.4. The molecule has 0 heterocycles. The molecule has 0 aliphatic carbocycles.